The van der Waals surface area contributed by atoms with Gasteiger partial charge in [-0.1, -0.05) is 6.92 Å². The third-order valence-electron chi connectivity index (χ3n) is 4.40. The average molecular weight is 335 g/mol. The van der Waals surface area contributed by atoms with E-state index >= 15 is 0 Å². The highest BCUT2D eigenvalue weighted by Gasteiger charge is 2.31. The van der Waals surface area contributed by atoms with Gasteiger partial charge in [0.1, 0.15) is 16.5 Å². The number of aliphatic hydroxyl groups is 1. The van der Waals surface area contributed by atoms with Crippen molar-refractivity contribution in [3.05, 3.63) is 17.3 Å². The molecular weight excluding hydrogens is 314 g/mol. The molecule has 1 atom stereocenters. The molecule has 0 radical (unpaired) electrons. The number of thiophene rings is 1. The van der Waals surface area contributed by atoms with E-state index in [1.807, 2.05) is 5.38 Å². The van der Waals surface area contributed by atoms with Crippen LogP contribution in [-0.2, 0) is 16.0 Å². The van der Waals surface area contributed by atoms with E-state index in [0.717, 1.165) is 54.2 Å². The van der Waals surface area contributed by atoms with Crippen molar-refractivity contribution in [2.45, 2.75) is 32.3 Å². The van der Waals surface area contributed by atoms with Crippen LogP contribution in [0.5, 0.6) is 0 Å². The van der Waals surface area contributed by atoms with Crippen LogP contribution < -0.4 is 4.90 Å². The van der Waals surface area contributed by atoms with Gasteiger partial charge in [0, 0.05) is 19.5 Å². The number of carbonyl (C=O) groups is 1. The largest absolute Gasteiger partial charge is 0.467 e. The molecule has 1 aliphatic heterocycles. The highest BCUT2D eigenvalue weighted by molar-refractivity contribution is 7.16. The molecule has 23 heavy (non-hydrogen) atoms. The fourth-order valence-electron chi connectivity index (χ4n) is 3.02. The molecule has 124 valence electrons. The lowest BCUT2D eigenvalue weighted by Gasteiger charge is -2.34. The average Bonchev–Trinajstić information content (AvgIpc) is 3.08. The zero-order chi connectivity index (χ0) is 16.4. The number of aryl methyl sites for hydroxylation is 1. The van der Waals surface area contributed by atoms with Crippen LogP contribution in [0.4, 0.5) is 5.82 Å². The van der Waals surface area contributed by atoms with E-state index < -0.39 is 12.1 Å². The van der Waals surface area contributed by atoms with E-state index in [4.69, 9.17) is 4.98 Å². The monoisotopic (exact) mass is 335 g/mol. The quantitative estimate of drug-likeness (QED) is 0.862. The Labute approximate surface area is 139 Å². The number of ether oxygens (including phenoxy) is 1. The second kappa shape index (κ2) is 6.80. The maximum absolute atomic E-state index is 11.5. The summed E-state index contributed by atoms with van der Waals surface area (Å²) in [6.07, 6.45) is 1.26. The third kappa shape index (κ3) is 3.16. The van der Waals surface area contributed by atoms with Crippen molar-refractivity contribution in [3.8, 4) is 0 Å². The van der Waals surface area contributed by atoms with Gasteiger partial charge in [-0.3, -0.25) is 0 Å². The van der Waals surface area contributed by atoms with E-state index in [1.165, 1.54) is 7.11 Å². The Bertz CT molecular complexity index is 695. The zero-order valence-corrected chi connectivity index (χ0v) is 14.2. The van der Waals surface area contributed by atoms with Crippen LogP contribution in [0.15, 0.2) is 11.4 Å². The van der Waals surface area contributed by atoms with Crippen LogP contribution in [0.1, 0.15) is 25.6 Å². The molecule has 1 aliphatic rings. The molecule has 7 heteroatoms. The van der Waals surface area contributed by atoms with Gasteiger partial charge in [-0.15, -0.1) is 11.3 Å². The normalized spacial score (nSPS) is 17.4. The number of hydrogen-bond acceptors (Lipinski definition) is 7. The first-order valence-corrected chi connectivity index (χ1v) is 8.77. The van der Waals surface area contributed by atoms with Crippen molar-refractivity contribution in [3.63, 3.8) is 0 Å². The minimum absolute atomic E-state index is 0.0517. The summed E-state index contributed by atoms with van der Waals surface area (Å²) in [5.41, 5.74) is 0. The molecule has 0 aliphatic carbocycles. The molecule has 6 nitrogen and oxygen atoms in total. The van der Waals surface area contributed by atoms with E-state index in [0.29, 0.717) is 0 Å². The summed E-state index contributed by atoms with van der Waals surface area (Å²) in [7, 11) is 1.31. The summed E-state index contributed by atoms with van der Waals surface area (Å²) < 4.78 is 4.63. The van der Waals surface area contributed by atoms with Crippen molar-refractivity contribution in [1.29, 1.82) is 0 Å². The lowest BCUT2D eigenvalue weighted by Crippen LogP contribution is -2.41. The zero-order valence-electron chi connectivity index (χ0n) is 13.4. The number of aliphatic hydroxyl groups excluding tert-OH is 1. The number of carbonyl (C=O) groups excluding carboxylic acids is 1. The fourth-order valence-corrected chi connectivity index (χ4v) is 3.80. The summed E-state index contributed by atoms with van der Waals surface area (Å²) in [5, 5.41) is 13.1. The molecule has 3 heterocycles. The minimum Gasteiger partial charge on any atom is -0.467 e. The van der Waals surface area contributed by atoms with Crippen LogP contribution in [-0.4, -0.2) is 47.3 Å². The number of fused-ring (bicyclic) bond motifs is 1. The van der Waals surface area contributed by atoms with Gasteiger partial charge in [0.2, 0.25) is 0 Å². The van der Waals surface area contributed by atoms with Crippen LogP contribution in [0.2, 0.25) is 0 Å². The number of rotatable bonds is 4. The Morgan fingerprint density at radius 2 is 2.22 bits per heavy atom. The molecule has 3 rings (SSSR count). The molecule has 0 saturated carbocycles. The maximum atomic E-state index is 11.5. The van der Waals surface area contributed by atoms with Crippen molar-refractivity contribution < 1.29 is 14.6 Å². The van der Waals surface area contributed by atoms with Crippen molar-refractivity contribution in [2.75, 3.05) is 25.1 Å². The van der Waals surface area contributed by atoms with Crippen molar-refractivity contribution >= 4 is 33.3 Å². The number of esters is 1. The lowest BCUT2D eigenvalue weighted by atomic mass is 9.91. The van der Waals surface area contributed by atoms with Crippen LogP contribution in [0, 0.1) is 5.92 Å². The predicted octanol–water partition coefficient (Wildman–Crippen LogP) is 2.00. The lowest BCUT2D eigenvalue weighted by molar-refractivity contribution is -0.153. The van der Waals surface area contributed by atoms with Crippen molar-refractivity contribution in [1.82, 2.24) is 9.97 Å². The summed E-state index contributed by atoms with van der Waals surface area (Å²) in [5.74, 6) is 1.23. The first-order chi connectivity index (χ1) is 11.1. The summed E-state index contributed by atoms with van der Waals surface area (Å²) in [6, 6.07) is 2.06. The minimum atomic E-state index is -1.03. The molecule has 1 unspecified atom stereocenters. The number of piperidine rings is 1. The first-order valence-electron chi connectivity index (χ1n) is 7.89. The molecule has 1 fully saturated rings. The van der Waals surface area contributed by atoms with Gasteiger partial charge in [-0.05, 0) is 30.2 Å². The van der Waals surface area contributed by atoms with Gasteiger partial charge < -0.3 is 14.7 Å². The Balaban J connectivity index is 1.77. The maximum Gasteiger partial charge on any atom is 0.334 e. The second-order valence-corrected chi connectivity index (χ2v) is 6.64. The van der Waals surface area contributed by atoms with E-state index in [9.17, 15) is 9.90 Å². The van der Waals surface area contributed by atoms with Gasteiger partial charge in [0.25, 0.3) is 0 Å². The van der Waals surface area contributed by atoms with E-state index in [2.05, 4.69) is 27.6 Å². The van der Waals surface area contributed by atoms with Crippen LogP contribution in [0.3, 0.4) is 0 Å². The highest BCUT2D eigenvalue weighted by Crippen LogP contribution is 2.31. The van der Waals surface area contributed by atoms with E-state index in [-0.39, 0.29) is 5.92 Å². The van der Waals surface area contributed by atoms with E-state index in [1.54, 1.807) is 11.3 Å². The fraction of sp³-hybridized carbons (Fsp3) is 0.562. The summed E-state index contributed by atoms with van der Waals surface area (Å²) >= 11 is 1.63. The van der Waals surface area contributed by atoms with Gasteiger partial charge in [0.05, 0.1) is 12.5 Å². The Morgan fingerprint density at radius 1 is 1.48 bits per heavy atom. The van der Waals surface area contributed by atoms with Crippen LogP contribution >= 0.6 is 11.3 Å². The highest BCUT2D eigenvalue weighted by atomic mass is 32.1. The van der Waals surface area contributed by atoms with Gasteiger partial charge in [-0.25, -0.2) is 14.8 Å². The molecule has 2 aromatic heterocycles. The first kappa shape index (κ1) is 16.1. The summed E-state index contributed by atoms with van der Waals surface area (Å²) in [6.45, 7) is 3.59. The molecule has 1 saturated heterocycles. The topological polar surface area (TPSA) is 75.5 Å². The number of anilines is 1. The van der Waals surface area contributed by atoms with Gasteiger partial charge in [-0.2, -0.15) is 0 Å². The molecule has 2 aromatic rings. The number of nitrogens with zero attached hydrogens (tertiary/aromatic N) is 3. The molecule has 1 N–H and O–H groups in total. The third-order valence-corrected chi connectivity index (χ3v) is 5.20. The number of aromatic nitrogens is 2. The molecule has 0 amide bonds. The Hall–Kier alpha value is -1.73. The Morgan fingerprint density at radius 3 is 2.87 bits per heavy atom. The van der Waals surface area contributed by atoms with Crippen LogP contribution in [0.25, 0.3) is 10.2 Å². The second-order valence-electron chi connectivity index (χ2n) is 5.75. The number of hydrogen-bond donors (Lipinski definition) is 1. The SMILES string of the molecule is CCc1nc(N2CCC(C(O)C(=O)OC)CC2)c2ccsc2n1. The Kier molecular flexibility index (Phi) is 4.77. The predicted molar refractivity (Wildman–Crippen MR) is 89.8 cm³/mol. The molecular formula is C16H21N3O3S. The smallest absolute Gasteiger partial charge is 0.334 e. The van der Waals surface area contributed by atoms with Gasteiger partial charge >= 0.3 is 5.97 Å². The summed E-state index contributed by atoms with van der Waals surface area (Å²) in [4.78, 5) is 24.0. The molecule has 0 aromatic carbocycles. The number of methoxy groups -OCH3 is 1. The molecule has 0 spiro atoms. The van der Waals surface area contributed by atoms with Crippen molar-refractivity contribution in [2.24, 2.45) is 5.92 Å². The standard InChI is InChI=1S/C16H21N3O3S/c1-3-12-17-14(11-6-9-23-15(11)18-12)19-7-4-10(5-8-19)13(20)16(21)22-2/h6,9-10,13,20H,3-5,7-8H2,1-2H3. The van der Waals surface area contributed by atoms with Gasteiger partial charge in [0.15, 0.2) is 6.10 Å². The molecule has 0 bridgehead atoms.